The van der Waals surface area contributed by atoms with E-state index < -0.39 is 4.33 Å². The highest BCUT2D eigenvalue weighted by atomic mass is 35.5. The maximum absolute atomic E-state index is 5.89. The van der Waals surface area contributed by atoms with Crippen molar-refractivity contribution in [2.45, 2.75) is 30.5 Å². The SMILES string of the molecule is C[CH]C1CCC(Cl)(Cl)C1. The molecule has 0 heterocycles. The fraction of sp³-hybridized carbons (Fsp3) is 0.857. The van der Waals surface area contributed by atoms with Gasteiger partial charge in [0.2, 0.25) is 0 Å². The van der Waals surface area contributed by atoms with Crippen molar-refractivity contribution in [2.75, 3.05) is 0 Å². The molecule has 1 radical (unpaired) electrons. The first-order valence-corrected chi connectivity index (χ1v) is 4.07. The molecule has 1 aliphatic carbocycles. The molecule has 1 saturated carbocycles. The molecule has 1 unspecified atom stereocenters. The molecule has 0 aromatic rings. The van der Waals surface area contributed by atoms with E-state index in [-0.39, 0.29) is 0 Å². The Morgan fingerprint density at radius 3 is 2.44 bits per heavy atom. The van der Waals surface area contributed by atoms with Crippen molar-refractivity contribution in [2.24, 2.45) is 5.92 Å². The van der Waals surface area contributed by atoms with Gasteiger partial charge < -0.3 is 0 Å². The van der Waals surface area contributed by atoms with Gasteiger partial charge in [0.05, 0.1) is 0 Å². The molecule has 0 N–H and O–H groups in total. The fourth-order valence-corrected chi connectivity index (χ4v) is 1.88. The first-order chi connectivity index (χ1) is 4.14. The predicted octanol–water partition coefficient (Wildman–Crippen LogP) is 3.18. The van der Waals surface area contributed by atoms with E-state index >= 15 is 0 Å². The molecule has 0 aromatic heterocycles. The summed E-state index contributed by atoms with van der Waals surface area (Å²) < 4.78 is -0.419. The van der Waals surface area contributed by atoms with E-state index in [2.05, 4.69) is 13.3 Å². The smallest absolute Gasteiger partial charge is 0.102 e. The lowest BCUT2D eigenvalue weighted by molar-refractivity contribution is 0.631. The quantitative estimate of drug-likeness (QED) is 0.524. The standard InChI is InChI=1S/C7H11Cl2/c1-2-6-3-4-7(8,9)5-6/h2,6H,3-5H2,1H3. The Morgan fingerprint density at radius 2 is 2.22 bits per heavy atom. The van der Waals surface area contributed by atoms with E-state index in [9.17, 15) is 0 Å². The van der Waals surface area contributed by atoms with Crippen molar-refractivity contribution in [1.82, 2.24) is 0 Å². The summed E-state index contributed by atoms with van der Waals surface area (Å²) in [6, 6.07) is 0. The number of halogens is 2. The second-order valence-electron chi connectivity index (χ2n) is 2.69. The molecular weight excluding hydrogens is 155 g/mol. The van der Waals surface area contributed by atoms with Crippen molar-refractivity contribution in [3.05, 3.63) is 6.42 Å². The van der Waals surface area contributed by atoms with Gasteiger partial charge in [-0.1, -0.05) is 6.92 Å². The third kappa shape index (κ3) is 2.01. The van der Waals surface area contributed by atoms with Gasteiger partial charge in [0.15, 0.2) is 0 Å². The lowest BCUT2D eigenvalue weighted by atomic mass is 10.1. The Kier molecular flexibility index (Phi) is 2.28. The molecule has 1 aliphatic rings. The van der Waals surface area contributed by atoms with Crippen LogP contribution in [0.15, 0.2) is 0 Å². The van der Waals surface area contributed by atoms with E-state index in [4.69, 9.17) is 23.2 Å². The minimum Gasteiger partial charge on any atom is -0.102 e. The van der Waals surface area contributed by atoms with Crippen molar-refractivity contribution in [3.63, 3.8) is 0 Å². The summed E-state index contributed by atoms with van der Waals surface area (Å²) >= 11 is 11.8. The van der Waals surface area contributed by atoms with Crippen molar-refractivity contribution < 1.29 is 0 Å². The van der Waals surface area contributed by atoms with Crippen LogP contribution >= 0.6 is 23.2 Å². The molecular formula is C7H11Cl2. The average molecular weight is 166 g/mol. The molecule has 0 nitrogen and oxygen atoms in total. The van der Waals surface area contributed by atoms with Gasteiger partial charge in [-0.05, 0) is 31.6 Å². The number of hydrogen-bond acceptors (Lipinski definition) is 0. The summed E-state index contributed by atoms with van der Waals surface area (Å²) in [5, 5.41) is 0. The molecule has 2 heteroatoms. The van der Waals surface area contributed by atoms with Gasteiger partial charge >= 0.3 is 0 Å². The molecule has 1 fully saturated rings. The summed E-state index contributed by atoms with van der Waals surface area (Å²) in [6.07, 6.45) is 5.23. The monoisotopic (exact) mass is 165 g/mol. The van der Waals surface area contributed by atoms with Gasteiger partial charge in [0.25, 0.3) is 0 Å². The fourth-order valence-electron chi connectivity index (χ4n) is 1.27. The van der Waals surface area contributed by atoms with E-state index in [1.54, 1.807) is 0 Å². The highest BCUT2D eigenvalue weighted by Crippen LogP contribution is 2.43. The Morgan fingerprint density at radius 1 is 1.56 bits per heavy atom. The molecule has 0 amide bonds. The van der Waals surface area contributed by atoms with Gasteiger partial charge in [0.1, 0.15) is 4.33 Å². The van der Waals surface area contributed by atoms with E-state index in [0.717, 1.165) is 19.3 Å². The van der Waals surface area contributed by atoms with E-state index in [1.807, 2.05) is 0 Å². The van der Waals surface area contributed by atoms with Crippen LogP contribution in [0, 0.1) is 12.3 Å². The Hall–Kier alpha value is 0.580. The second kappa shape index (κ2) is 2.67. The molecule has 0 saturated heterocycles. The topological polar surface area (TPSA) is 0 Å². The maximum atomic E-state index is 5.89. The Labute approximate surface area is 66.5 Å². The maximum Gasteiger partial charge on any atom is 0.118 e. The molecule has 0 spiro atoms. The van der Waals surface area contributed by atoms with Crippen LogP contribution in [0.1, 0.15) is 26.2 Å². The summed E-state index contributed by atoms with van der Waals surface area (Å²) in [7, 11) is 0. The lowest BCUT2D eigenvalue weighted by Gasteiger charge is -2.09. The molecule has 0 aromatic carbocycles. The molecule has 1 atom stereocenters. The van der Waals surface area contributed by atoms with Gasteiger partial charge in [-0.25, -0.2) is 0 Å². The van der Waals surface area contributed by atoms with Crippen LogP contribution < -0.4 is 0 Å². The van der Waals surface area contributed by atoms with E-state index in [0.29, 0.717) is 5.92 Å². The Balaban J connectivity index is 2.38. The van der Waals surface area contributed by atoms with Crippen molar-refractivity contribution in [1.29, 1.82) is 0 Å². The van der Waals surface area contributed by atoms with Crippen LogP contribution in [0.25, 0.3) is 0 Å². The molecule has 9 heavy (non-hydrogen) atoms. The summed E-state index contributed by atoms with van der Waals surface area (Å²) in [4.78, 5) is 0. The first-order valence-electron chi connectivity index (χ1n) is 3.31. The van der Waals surface area contributed by atoms with Gasteiger partial charge in [-0.15, -0.1) is 23.2 Å². The predicted molar refractivity (Wildman–Crippen MR) is 41.8 cm³/mol. The van der Waals surface area contributed by atoms with Crippen molar-refractivity contribution in [3.8, 4) is 0 Å². The van der Waals surface area contributed by atoms with Crippen LogP contribution in [0.3, 0.4) is 0 Å². The first kappa shape index (κ1) is 7.68. The van der Waals surface area contributed by atoms with Gasteiger partial charge in [-0.3, -0.25) is 0 Å². The van der Waals surface area contributed by atoms with Gasteiger partial charge in [0, 0.05) is 0 Å². The largest absolute Gasteiger partial charge is 0.118 e. The van der Waals surface area contributed by atoms with E-state index in [1.165, 1.54) is 0 Å². The minimum absolute atomic E-state index is 0.419. The molecule has 0 bridgehead atoms. The third-order valence-electron chi connectivity index (χ3n) is 1.91. The highest BCUT2D eigenvalue weighted by molar-refractivity contribution is 6.48. The Bertz CT molecular complexity index is 99.1. The van der Waals surface area contributed by atoms with Gasteiger partial charge in [-0.2, -0.15) is 0 Å². The summed E-state index contributed by atoms with van der Waals surface area (Å²) in [5.74, 6) is 0.653. The normalized spacial score (nSPS) is 33.0. The van der Waals surface area contributed by atoms with Crippen molar-refractivity contribution >= 4 is 23.2 Å². The summed E-state index contributed by atoms with van der Waals surface area (Å²) in [5.41, 5.74) is 0. The number of rotatable bonds is 1. The second-order valence-corrected chi connectivity index (χ2v) is 4.33. The summed E-state index contributed by atoms with van der Waals surface area (Å²) in [6.45, 7) is 2.07. The highest BCUT2D eigenvalue weighted by Gasteiger charge is 2.34. The zero-order chi connectivity index (χ0) is 6.91. The van der Waals surface area contributed by atoms with Crippen LogP contribution in [0.2, 0.25) is 0 Å². The van der Waals surface area contributed by atoms with Crippen LogP contribution in [-0.4, -0.2) is 4.33 Å². The molecule has 0 aliphatic heterocycles. The average Bonchev–Trinajstić information content (AvgIpc) is 2.10. The van der Waals surface area contributed by atoms with Crippen LogP contribution in [-0.2, 0) is 0 Å². The number of hydrogen-bond donors (Lipinski definition) is 0. The number of alkyl halides is 2. The zero-order valence-corrected chi connectivity index (χ0v) is 7.04. The minimum atomic E-state index is -0.419. The van der Waals surface area contributed by atoms with Crippen LogP contribution in [0.4, 0.5) is 0 Å². The van der Waals surface area contributed by atoms with Crippen LogP contribution in [0.5, 0.6) is 0 Å². The zero-order valence-electron chi connectivity index (χ0n) is 5.53. The molecule has 1 rings (SSSR count). The third-order valence-corrected chi connectivity index (χ3v) is 2.60. The lowest BCUT2D eigenvalue weighted by Crippen LogP contribution is -2.05. The molecule has 53 valence electrons.